The Morgan fingerprint density at radius 2 is 1.90 bits per heavy atom. The number of rotatable bonds is 13. The molecule has 0 aromatic heterocycles. The van der Waals surface area contributed by atoms with E-state index in [0.29, 0.717) is 49.8 Å². The number of ether oxygens (including phenoxy) is 2. The molecule has 1 aromatic carbocycles. The van der Waals surface area contributed by atoms with Crippen LogP contribution in [-0.2, 0) is 4.79 Å². The largest absolute Gasteiger partial charge is 0.486 e. The lowest BCUT2D eigenvalue weighted by Gasteiger charge is -2.29. The number of amides is 1. The highest BCUT2D eigenvalue weighted by Crippen LogP contribution is 2.33. The topological polar surface area (TPSA) is 91.3 Å². The summed E-state index contributed by atoms with van der Waals surface area (Å²) in [5.74, 6) is 1.22. The van der Waals surface area contributed by atoms with E-state index in [2.05, 4.69) is 12.2 Å². The first-order chi connectivity index (χ1) is 14.0. The summed E-state index contributed by atoms with van der Waals surface area (Å²) in [5.41, 5.74) is 0.667. The molecular formula is C22H36N2O5. The average Bonchev–Trinajstić information content (AvgIpc) is 2.72. The second-order valence-corrected chi connectivity index (χ2v) is 7.67. The normalized spacial score (nSPS) is 15.2. The number of aliphatic hydroxyl groups excluding tert-OH is 2. The van der Waals surface area contributed by atoms with Crippen molar-refractivity contribution < 1.29 is 24.5 Å². The zero-order chi connectivity index (χ0) is 21.1. The molecule has 164 valence electrons. The third-order valence-electron chi connectivity index (χ3n) is 5.13. The molecule has 2 rings (SSSR count). The van der Waals surface area contributed by atoms with E-state index in [-0.39, 0.29) is 12.5 Å². The van der Waals surface area contributed by atoms with E-state index in [0.717, 1.165) is 19.3 Å². The summed E-state index contributed by atoms with van der Waals surface area (Å²) < 4.78 is 11.2. The van der Waals surface area contributed by atoms with Gasteiger partial charge in [0.15, 0.2) is 11.5 Å². The quantitative estimate of drug-likeness (QED) is 0.434. The fourth-order valence-electron chi connectivity index (χ4n) is 3.47. The number of benzene rings is 1. The van der Waals surface area contributed by atoms with Gasteiger partial charge in [-0.3, -0.25) is 4.79 Å². The number of carbonyl (C=O) groups is 1. The van der Waals surface area contributed by atoms with Crippen LogP contribution in [-0.4, -0.2) is 67.0 Å². The maximum atomic E-state index is 12.5. The Labute approximate surface area is 174 Å². The van der Waals surface area contributed by atoms with Crippen molar-refractivity contribution in [3.05, 3.63) is 23.8 Å². The summed E-state index contributed by atoms with van der Waals surface area (Å²) in [7, 11) is 1.86. The third kappa shape index (κ3) is 7.84. The summed E-state index contributed by atoms with van der Waals surface area (Å²) in [4.78, 5) is 14.4. The van der Waals surface area contributed by atoms with E-state index < -0.39 is 12.1 Å². The van der Waals surface area contributed by atoms with Gasteiger partial charge in [0.05, 0.1) is 12.6 Å². The average molecular weight is 409 g/mol. The van der Waals surface area contributed by atoms with Crippen LogP contribution in [0.5, 0.6) is 11.5 Å². The van der Waals surface area contributed by atoms with Gasteiger partial charge in [-0.25, -0.2) is 0 Å². The highest BCUT2D eigenvalue weighted by Gasteiger charge is 2.25. The van der Waals surface area contributed by atoms with Crippen molar-refractivity contribution in [1.29, 1.82) is 0 Å². The van der Waals surface area contributed by atoms with Crippen molar-refractivity contribution in [3.8, 4) is 11.5 Å². The number of fused-ring (bicyclic) bond motifs is 1. The molecule has 1 amide bonds. The number of aliphatic hydroxyl groups is 2. The number of carbonyl (C=O) groups excluding carboxylic acids is 1. The van der Waals surface area contributed by atoms with Crippen molar-refractivity contribution >= 4 is 5.91 Å². The molecule has 0 saturated carbocycles. The summed E-state index contributed by atoms with van der Waals surface area (Å²) in [6.45, 7) is 4.07. The van der Waals surface area contributed by atoms with E-state index in [4.69, 9.17) is 9.47 Å². The number of unbranched alkanes of at least 4 members (excludes halogenated alkanes) is 4. The van der Waals surface area contributed by atoms with Crippen LogP contribution in [0, 0.1) is 0 Å². The van der Waals surface area contributed by atoms with Crippen LogP contribution in [0.1, 0.15) is 57.1 Å². The lowest BCUT2D eigenvalue weighted by atomic mass is 10.0. The van der Waals surface area contributed by atoms with Crippen molar-refractivity contribution in [2.45, 2.75) is 57.6 Å². The van der Waals surface area contributed by atoms with Crippen molar-refractivity contribution in [2.24, 2.45) is 0 Å². The van der Waals surface area contributed by atoms with E-state index in [9.17, 15) is 15.0 Å². The predicted octanol–water partition coefficient (Wildman–Crippen LogP) is 2.26. The van der Waals surface area contributed by atoms with Crippen LogP contribution in [0.3, 0.4) is 0 Å². The Morgan fingerprint density at radius 3 is 2.62 bits per heavy atom. The van der Waals surface area contributed by atoms with Crippen LogP contribution in [0.15, 0.2) is 18.2 Å². The molecule has 1 aliphatic rings. The first kappa shape index (κ1) is 23.4. The van der Waals surface area contributed by atoms with Crippen molar-refractivity contribution in [2.75, 3.05) is 40.0 Å². The Balaban J connectivity index is 2.01. The van der Waals surface area contributed by atoms with Gasteiger partial charge in [-0.1, -0.05) is 38.7 Å². The molecule has 0 aliphatic carbocycles. The third-order valence-corrected chi connectivity index (χ3v) is 5.13. The zero-order valence-corrected chi connectivity index (χ0v) is 17.7. The van der Waals surface area contributed by atoms with Gasteiger partial charge in [-0.15, -0.1) is 0 Å². The van der Waals surface area contributed by atoms with Gasteiger partial charge in [-0.05, 0) is 31.2 Å². The van der Waals surface area contributed by atoms with E-state index >= 15 is 0 Å². The molecule has 0 spiro atoms. The van der Waals surface area contributed by atoms with Crippen LogP contribution < -0.4 is 14.8 Å². The molecule has 1 heterocycles. The fourth-order valence-corrected chi connectivity index (χ4v) is 3.47. The lowest BCUT2D eigenvalue weighted by molar-refractivity contribution is -0.123. The molecule has 1 aromatic rings. The molecule has 3 N–H and O–H groups in total. The molecule has 2 atom stereocenters. The maximum Gasteiger partial charge on any atom is 0.220 e. The van der Waals surface area contributed by atoms with Crippen LogP contribution in [0.2, 0.25) is 0 Å². The molecule has 0 fully saturated rings. The van der Waals surface area contributed by atoms with E-state index in [1.165, 1.54) is 12.8 Å². The first-order valence-electron chi connectivity index (χ1n) is 10.7. The molecule has 7 heteroatoms. The second kappa shape index (κ2) is 12.7. The zero-order valence-electron chi connectivity index (χ0n) is 17.7. The molecular weight excluding hydrogens is 372 g/mol. The van der Waals surface area contributed by atoms with Gasteiger partial charge in [0.1, 0.15) is 19.3 Å². The second-order valence-electron chi connectivity index (χ2n) is 7.67. The van der Waals surface area contributed by atoms with Crippen LogP contribution in [0.4, 0.5) is 0 Å². The van der Waals surface area contributed by atoms with Gasteiger partial charge < -0.3 is 29.9 Å². The summed E-state index contributed by atoms with van der Waals surface area (Å²) in [6.07, 6.45) is 4.97. The van der Waals surface area contributed by atoms with Gasteiger partial charge >= 0.3 is 0 Å². The number of likely N-dealkylation sites (N-methyl/N-ethyl adjacent to an activating group) is 1. The van der Waals surface area contributed by atoms with E-state index in [1.54, 1.807) is 18.2 Å². The minimum Gasteiger partial charge on any atom is -0.486 e. The first-order valence-corrected chi connectivity index (χ1v) is 10.7. The Morgan fingerprint density at radius 1 is 1.17 bits per heavy atom. The van der Waals surface area contributed by atoms with Crippen LogP contribution in [0.25, 0.3) is 0 Å². The SMILES string of the molecule is CCCCCCCC(=O)N[C@H](CN(C)CCO)[C@H](O)c1ccc2c(c1)OCCO2. The molecule has 0 bridgehead atoms. The van der Waals surface area contributed by atoms with Crippen molar-refractivity contribution in [1.82, 2.24) is 10.2 Å². The standard InChI is InChI=1S/C22H36N2O5/c1-3-4-5-6-7-8-21(26)23-18(16-24(2)11-12-25)22(27)17-9-10-19-20(15-17)29-14-13-28-19/h9-10,15,18,22,25,27H,3-8,11-14,16H2,1-2H3,(H,23,26)/t18-,22-/m1/s1. The molecule has 29 heavy (non-hydrogen) atoms. The molecule has 0 radical (unpaired) electrons. The minimum atomic E-state index is -0.893. The Bertz CT molecular complexity index is 625. The smallest absolute Gasteiger partial charge is 0.220 e. The molecule has 7 nitrogen and oxygen atoms in total. The fraction of sp³-hybridized carbons (Fsp3) is 0.682. The monoisotopic (exact) mass is 408 g/mol. The predicted molar refractivity (Wildman–Crippen MR) is 112 cm³/mol. The van der Waals surface area contributed by atoms with Crippen LogP contribution >= 0.6 is 0 Å². The van der Waals surface area contributed by atoms with Gasteiger partial charge in [0.2, 0.25) is 5.91 Å². The minimum absolute atomic E-state index is 0.0225. The number of hydrogen-bond acceptors (Lipinski definition) is 6. The van der Waals surface area contributed by atoms with E-state index in [1.807, 2.05) is 11.9 Å². The summed E-state index contributed by atoms with van der Waals surface area (Å²) >= 11 is 0. The Kier molecular flexibility index (Phi) is 10.2. The molecule has 1 aliphatic heterocycles. The van der Waals surface area contributed by atoms with Gasteiger partial charge in [0, 0.05) is 19.5 Å². The summed E-state index contributed by atoms with van der Waals surface area (Å²) in [6, 6.07) is 4.87. The number of nitrogens with zero attached hydrogens (tertiary/aromatic N) is 1. The van der Waals surface area contributed by atoms with Gasteiger partial charge in [0.25, 0.3) is 0 Å². The lowest BCUT2D eigenvalue weighted by Crippen LogP contribution is -2.46. The highest BCUT2D eigenvalue weighted by atomic mass is 16.6. The number of nitrogens with one attached hydrogen (secondary N) is 1. The maximum absolute atomic E-state index is 12.5. The van der Waals surface area contributed by atoms with Crippen molar-refractivity contribution in [3.63, 3.8) is 0 Å². The molecule has 0 unspecified atom stereocenters. The van der Waals surface area contributed by atoms with Gasteiger partial charge in [-0.2, -0.15) is 0 Å². The molecule has 0 saturated heterocycles. The number of hydrogen-bond donors (Lipinski definition) is 3. The summed E-state index contributed by atoms with van der Waals surface area (Å²) in [5, 5.41) is 23.2. The highest BCUT2D eigenvalue weighted by molar-refractivity contribution is 5.76. The Hall–Kier alpha value is -1.83.